The fraction of sp³-hybridized carbons (Fsp3) is 0.462. The van der Waals surface area contributed by atoms with Crippen molar-refractivity contribution in [3.8, 4) is 5.75 Å². The largest absolute Gasteiger partial charge is 0.508 e. The topological polar surface area (TPSA) is 43.8 Å². The Hall–Kier alpha value is -1.62. The van der Waals surface area contributed by atoms with Gasteiger partial charge in [0.15, 0.2) is 0 Å². The highest BCUT2D eigenvalue weighted by Gasteiger charge is 2.19. The monoisotopic (exact) mass is 252 g/mol. The van der Waals surface area contributed by atoms with Crippen LogP contribution in [0.25, 0.3) is 0 Å². The Morgan fingerprint density at radius 1 is 1.33 bits per heavy atom. The van der Waals surface area contributed by atoms with E-state index >= 15 is 0 Å². The van der Waals surface area contributed by atoms with Gasteiger partial charge in [0.25, 0.3) is 0 Å². The van der Waals surface area contributed by atoms with Crippen molar-refractivity contribution in [2.24, 2.45) is 0 Å². The Morgan fingerprint density at radius 2 is 2.00 bits per heavy atom. The number of hydrogen-bond donors (Lipinski definition) is 1. The first-order valence-corrected chi connectivity index (χ1v) is 6.01. The summed E-state index contributed by atoms with van der Waals surface area (Å²) in [6, 6.07) is 3.97. The summed E-state index contributed by atoms with van der Waals surface area (Å²) >= 11 is 0. The fourth-order valence-electron chi connectivity index (χ4n) is 2.14. The molecule has 1 saturated heterocycles. The van der Waals surface area contributed by atoms with E-state index in [0.717, 1.165) is 13.1 Å². The minimum atomic E-state index is -0.342. The number of piperazine rings is 1. The second-order valence-corrected chi connectivity index (χ2v) is 4.56. The number of hydrogen-bond acceptors (Lipinski definition) is 3. The number of rotatable bonds is 2. The molecule has 1 aromatic rings. The maximum Gasteiger partial charge on any atom is 0.219 e. The molecule has 1 aliphatic rings. The number of nitrogens with zero attached hydrogens (tertiary/aromatic N) is 2. The number of halogens is 1. The molecule has 18 heavy (non-hydrogen) atoms. The van der Waals surface area contributed by atoms with E-state index in [-0.39, 0.29) is 17.5 Å². The summed E-state index contributed by atoms with van der Waals surface area (Å²) < 4.78 is 13.1. The second kappa shape index (κ2) is 5.35. The molecule has 1 heterocycles. The molecule has 0 aromatic heterocycles. The van der Waals surface area contributed by atoms with Gasteiger partial charge in [-0.2, -0.15) is 0 Å². The normalized spacial score (nSPS) is 16.9. The summed E-state index contributed by atoms with van der Waals surface area (Å²) in [5.74, 6) is -0.140. The molecule has 1 fully saturated rings. The predicted octanol–water partition coefficient (Wildman–Crippen LogP) is 1.20. The van der Waals surface area contributed by atoms with Gasteiger partial charge in [0.05, 0.1) is 0 Å². The van der Waals surface area contributed by atoms with Gasteiger partial charge in [-0.05, 0) is 18.2 Å². The third-order valence-electron chi connectivity index (χ3n) is 3.25. The molecule has 0 atom stereocenters. The first-order chi connectivity index (χ1) is 8.56. The molecule has 1 aromatic carbocycles. The average Bonchev–Trinajstić information content (AvgIpc) is 2.34. The molecule has 0 bridgehead atoms. The summed E-state index contributed by atoms with van der Waals surface area (Å²) in [7, 11) is 0. The van der Waals surface area contributed by atoms with Gasteiger partial charge in [-0.15, -0.1) is 0 Å². The van der Waals surface area contributed by atoms with Crippen LogP contribution < -0.4 is 0 Å². The molecule has 0 radical (unpaired) electrons. The van der Waals surface area contributed by atoms with Crippen molar-refractivity contribution in [1.29, 1.82) is 0 Å². The van der Waals surface area contributed by atoms with Crippen molar-refractivity contribution in [1.82, 2.24) is 9.80 Å². The van der Waals surface area contributed by atoms with Crippen molar-refractivity contribution >= 4 is 5.91 Å². The summed E-state index contributed by atoms with van der Waals surface area (Å²) in [4.78, 5) is 15.1. The van der Waals surface area contributed by atoms with Gasteiger partial charge < -0.3 is 10.0 Å². The van der Waals surface area contributed by atoms with Crippen LogP contribution in [0.5, 0.6) is 5.75 Å². The molecule has 1 aliphatic heterocycles. The fourth-order valence-corrected chi connectivity index (χ4v) is 2.14. The summed E-state index contributed by atoms with van der Waals surface area (Å²) in [5.41, 5.74) is 0.589. The maximum atomic E-state index is 13.1. The minimum Gasteiger partial charge on any atom is -0.508 e. The summed E-state index contributed by atoms with van der Waals surface area (Å²) in [5, 5.41) is 9.65. The second-order valence-electron chi connectivity index (χ2n) is 4.56. The van der Waals surface area contributed by atoms with Gasteiger partial charge in [-0.3, -0.25) is 9.69 Å². The Morgan fingerprint density at radius 3 is 2.61 bits per heavy atom. The zero-order valence-corrected chi connectivity index (χ0v) is 10.4. The number of amides is 1. The number of phenolic OH excluding ortho intramolecular Hbond substituents is 1. The van der Waals surface area contributed by atoms with E-state index in [1.807, 2.05) is 0 Å². The molecular formula is C13H17FN2O2. The van der Waals surface area contributed by atoms with E-state index in [4.69, 9.17) is 0 Å². The van der Waals surface area contributed by atoms with Crippen LogP contribution in [-0.4, -0.2) is 47.0 Å². The number of phenols is 1. The molecule has 1 N–H and O–H groups in total. The Balaban J connectivity index is 1.95. The third-order valence-corrected chi connectivity index (χ3v) is 3.25. The number of carbonyl (C=O) groups is 1. The SMILES string of the molecule is CC(=O)N1CCN(Cc2cc(F)ccc2O)CC1. The average molecular weight is 252 g/mol. The molecule has 2 rings (SSSR count). The zero-order chi connectivity index (χ0) is 13.1. The molecule has 5 heteroatoms. The van der Waals surface area contributed by atoms with Gasteiger partial charge >= 0.3 is 0 Å². The highest BCUT2D eigenvalue weighted by molar-refractivity contribution is 5.73. The number of benzene rings is 1. The predicted molar refractivity (Wildman–Crippen MR) is 65.6 cm³/mol. The molecule has 0 unspecified atom stereocenters. The quantitative estimate of drug-likeness (QED) is 0.860. The number of carbonyl (C=O) groups excluding carboxylic acids is 1. The van der Waals surface area contributed by atoms with Crippen molar-refractivity contribution in [2.75, 3.05) is 26.2 Å². The summed E-state index contributed by atoms with van der Waals surface area (Å²) in [6.45, 7) is 4.94. The van der Waals surface area contributed by atoms with Crippen LogP contribution in [0.4, 0.5) is 4.39 Å². The van der Waals surface area contributed by atoms with Crippen LogP contribution in [0.1, 0.15) is 12.5 Å². The van der Waals surface area contributed by atoms with Gasteiger partial charge in [0, 0.05) is 45.2 Å². The van der Waals surface area contributed by atoms with E-state index in [1.54, 1.807) is 11.8 Å². The van der Waals surface area contributed by atoms with Crippen molar-refractivity contribution < 1.29 is 14.3 Å². The molecule has 0 saturated carbocycles. The van der Waals surface area contributed by atoms with Crippen LogP contribution in [0.2, 0.25) is 0 Å². The smallest absolute Gasteiger partial charge is 0.219 e. The zero-order valence-electron chi connectivity index (χ0n) is 10.4. The lowest BCUT2D eigenvalue weighted by molar-refractivity contribution is -0.130. The van der Waals surface area contributed by atoms with Crippen LogP contribution in [0.3, 0.4) is 0 Å². The first kappa shape index (κ1) is 12.8. The highest BCUT2D eigenvalue weighted by Crippen LogP contribution is 2.20. The number of aromatic hydroxyl groups is 1. The molecule has 0 aliphatic carbocycles. The molecule has 1 amide bonds. The summed E-state index contributed by atoms with van der Waals surface area (Å²) in [6.07, 6.45) is 0. The van der Waals surface area contributed by atoms with Crippen LogP contribution in [-0.2, 0) is 11.3 Å². The first-order valence-electron chi connectivity index (χ1n) is 6.01. The Bertz CT molecular complexity index is 443. The van der Waals surface area contributed by atoms with Gasteiger partial charge in [-0.25, -0.2) is 4.39 Å². The molecular weight excluding hydrogens is 235 g/mol. The van der Waals surface area contributed by atoms with E-state index in [1.165, 1.54) is 18.2 Å². The molecule has 4 nitrogen and oxygen atoms in total. The van der Waals surface area contributed by atoms with E-state index < -0.39 is 0 Å². The standard InChI is InChI=1S/C13H17FN2O2/c1-10(17)16-6-4-15(5-7-16)9-11-8-12(14)2-3-13(11)18/h2-3,8,18H,4-7,9H2,1H3. The van der Waals surface area contributed by atoms with Crippen LogP contribution >= 0.6 is 0 Å². The highest BCUT2D eigenvalue weighted by atomic mass is 19.1. The van der Waals surface area contributed by atoms with Crippen molar-refractivity contribution in [3.05, 3.63) is 29.6 Å². The van der Waals surface area contributed by atoms with Crippen molar-refractivity contribution in [2.45, 2.75) is 13.5 Å². The minimum absolute atomic E-state index is 0.0863. The van der Waals surface area contributed by atoms with E-state index in [0.29, 0.717) is 25.2 Å². The lowest BCUT2D eigenvalue weighted by Crippen LogP contribution is -2.47. The molecule has 0 spiro atoms. The van der Waals surface area contributed by atoms with Crippen LogP contribution in [0, 0.1) is 5.82 Å². The van der Waals surface area contributed by atoms with Crippen molar-refractivity contribution in [3.63, 3.8) is 0 Å². The maximum absolute atomic E-state index is 13.1. The lowest BCUT2D eigenvalue weighted by atomic mass is 10.1. The third kappa shape index (κ3) is 2.98. The van der Waals surface area contributed by atoms with Gasteiger partial charge in [-0.1, -0.05) is 0 Å². The van der Waals surface area contributed by atoms with Gasteiger partial charge in [0.1, 0.15) is 11.6 Å². The van der Waals surface area contributed by atoms with Crippen LogP contribution in [0.15, 0.2) is 18.2 Å². The Kier molecular flexibility index (Phi) is 3.81. The lowest BCUT2D eigenvalue weighted by Gasteiger charge is -2.34. The van der Waals surface area contributed by atoms with E-state index in [9.17, 15) is 14.3 Å². The van der Waals surface area contributed by atoms with Gasteiger partial charge in [0.2, 0.25) is 5.91 Å². The Labute approximate surface area is 106 Å². The van der Waals surface area contributed by atoms with E-state index in [2.05, 4.69) is 4.90 Å². The molecule has 98 valence electrons.